The molecule has 0 heterocycles. The van der Waals surface area contributed by atoms with E-state index >= 15 is 0 Å². The highest BCUT2D eigenvalue weighted by Gasteiger charge is 2.30. The molecule has 9 heteroatoms. The first kappa shape index (κ1) is 26.4. The van der Waals surface area contributed by atoms with Crippen LogP contribution in [0.1, 0.15) is 38.3 Å². The van der Waals surface area contributed by atoms with Crippen molar-refractivity contribution in [3.8, 4) is 0 Å². The minimum atomic E-state index is -1.33. The molecule has 2 rings (SSSR count). The summed E-state index contributed by atoms with van der Waals surface area (Å²) < 4.78 is 10.6. The lowest BCUT2D eigenvalue weighted by Crippen LogP contribution is -2.54. The van der Waals surface area contributed by atoms with Crippen LogP contribution in [0.4, 0.5) is 4.79 Å². The number of benzene rings is 2. The number of rotatable bonds is 10. The molecule has 2 atom stereocenters. The van der Waals surface area contributed by atoms with Crippen LogP contribution in [0, 0.1) is 0 Å². The molecule has 0 aliphatic carbocycles. The van der Waals surface area contributed by atoms with Gasteiger partial charge in [-0.25, -0.2) is 9.59 Å². The van der Waals surface area contributed by atoms with E-state index < -0.39 is 48.0 Å². The number of amides is 3. The van der Waals surface area contributed by atoms with Crippen LogP contribution in [0.2, 0.25) is 0 Å². The summed E-state index contributed by atoms with van der Waals surface area (Å²) in [6.45, 7) is 5.01. The zero-order valence-electron chi connectivity index (χ0n) is 19.6. The van der Waals surface area contributed by atoms with Gasteiger partial charge in [-0.05, 0) is 31.9 Å². The molecule has 3 amide bonds. The monoisotopic (exact) mass is 469 g/mol. The van der Waals surface area contributed by atoms with Gasteiger partial charge in [0.25, 0.3) is 0 Å². The van der Waals surface area contributed by atoms with Crippen LogP contribution in [0.5, 0.6) is 0 Å². The minimum Gasteiger partial charge on any atom is -0.459 e. The highest BCUT2D eigenvalue weighted by atomic mass is 16.6. The molecule has 0 aliphatic rings. The van der Waals surface area contributed by atoms with Gasteiger partial charge >= 0.3 is 12.1 Å². The molecule has 0 spiro atoms. The fourth-order valence-corrected chi connectivity index (χ4v) is 3.00. The number of esters is 1. The third kappa shape index (κ3) is 9.72. The summed E-state index contributed by atoms with van der Waals surface area (Å²) in [7, 11) is 0. The summed E-state index contributed by atoms with van der Waals surface area (Å²) in [6.07, 6.45) is -1.21. The number of nitrogens with two attached hydrogens (primary N) is 1. The van der Waals surface area contributed by atoms with Crippen LogP contribution in [0.3, 0.4) is 0 Å². The maximum atomic E-state index is 13.0. The average Bonchev–Trinajstić information content (AvgIpc) is 2.76. The standard InChI is InChI=1S/C25H31N3O6/c1-25(2,3)34-24(32)28-19(15-21(26)29)22(30)27-20(14-17-10-6-4-7-11-17)23(31)33-16-18-12-8-5-9-13-18/h4-13,19-20H,14-16H2,1-3H3,(H2,26,29)(H,27,30)(H,28,32). The second kappa shape index (κ2) is 12.4. The SMILES string of the molecule is CC(C)(C)OC(=O)NC(CC(N)=O)C(=O)NC(Cc1ccccc1)C(=O)OCc1ccccc1. The lowest BCUT2D eigenvalue weighted by molar-refractivity contribution is -0.149. The number of primary amides is 1. The van der Waals surface area contributed by atoms with Crippen LogP contribution in [-0.2, 0) is 36.9 Å². The van der Waals surface area contributed by atoms with Gasteiger partial charge in [-0.1, -0.05) is 60.7 Å². The van der Waals surface area contributed by atoms with Gasteiger partial charge in [0.05, 0.1) is 6.42 Å². The molecule has 0 bridgehead atoms. The number of ether oxygens (including phenoxy) is 2. The molecule has 34 heavy (non-hydrogen) atoms. The van der Waals surface area contributed by atoms with Gasteiger partial charge in [0.15, 0.2) is 0 Å². The quantitative estimate of drug-likeness (QED) is 0.457. The Kier molecular flexibility index (Phi) is 9.61. The normalized spacial score (nSPS) is 12.7. The van der Waals surface area contributed by atoms with Gasteiger partial charge in [0, 0.05) is 6.42 Å². The van der Waals surface area contributed by atoms with Gasteiger partial charge < -0.3 is 25.8 Å². The van der Waals surface area contributed by atoms with E-state index in [9.17, 15) is 19.2 Å². The third-order valence-electron chi connectivity index (χ3n) is 4.52. The van der Waals surface area contributed by atoms with E-state index in [-0.39, 0.29) is 13.0 Å². The average molecular weight is 470 g/mol. The van der Waals surface area contributed by atoms with Crippen LogP contribution in [-0.4, -0.2) is 41.6 Å². The van der Waals surface area contributed by atoms with Crippen molar-refractivity contribution in [2.45, 2.75) is 57.9 Å². The van der Waals surface area contributed by atoms with Crippen molar-refractivity contribution >= 4 is 23.9 Å². The van der Waals surface area contributed by atoms with Crippen LogP contribution in [0.15, 0.2) is 60.7 Å². The number of hydrogen-bond acceptors (Lipinski definition) is 6. The second-order valence-corrected chi connectivity index (χ2v) is 8.71. The molecule has 2 unspecified atom stereocenters. The first-order chi connectivity index (χ1) is 16.0. The van der Waals surface area contributed by atoms with Crippen LogP contribution >= 0.6 is 0 Å². The number of carbonyl (C=O) groups excluding carboxylic acids is 4. The molecule has 2 aromatic rings. The highest BCUT2D eigenvalue weighted by molar-refractivity contribution is 5.93. The molecular weight excluding hydrogens is 438 g/mol. The zero-order valence-corrected chi connectivity index (χ0v) is 19.6. The topological polar surface area (TPSA) is 137 Å². The van der Waals surface area contributed by atoms with Crippen molar-refractivity contribution < 1.29 is 28.7 Å². The van der Waals surface area contributed by atoms with E-state index in [1.165, 1.54) is 0 Å². The molecule has 0 radical (unpaired) electrons. The first-order valence-electron chi connectivity index (χ1n) is 10.9. The Morgan fingerprint density at radius 1 is 0.853 bits per heavy atom. The first-order valence-corrected chi connectivity index (χ1v) is 10.9. The van der Waals surface area contributed by atoms with Gasteiger partial charge in [0.2, 0.25) is 11.8 Å². The van der Waals surface area contributed by atoms with Gasteiger partial charge in [-0.2, -0.15) is 0 Å². The summed E-state index contributed by atoms with van der Waals surface area (Å²) in [5, 5.41) is 4.93. The third-order valence-corrected chi connectivity index (χ3v) is 4.52. The Bertz CT molecular complexity index is 973. The highest BCUT2D eigenvalue weighted by Crippen LogP contribution is 2.10. The van der Waals surface area contributed by atoms with Crippen molar-refractivity contribution in [3.05, 3.63) is 71.8 Å². The van der Waals surface area contributed by atoms with E-state index in [4.69, 9.17) is 15.2 Å². The van der Waals surface area contributed by atoms with E-state index in [2.05, 4.69) is 10.6 Å². The molecule has 0 aliphatic heterocycles. The fourth-order valence-electron chi connectivity index (χ4n) is 3.00. The smallest absolute Gasteiger partial charge is 0.408 e. The Morgan fingerprint density at radius 2 is 1.41 bits per heavy atom. The Hall–Kier alpha value is -3.88. The molecule has 9 nitrogen and oxygen atoms in total. The number of nitrogens with one attached hydrogen (secondary N) is 2. The summed E-state index contributed by atoms with van der Waals surface area (Å²) in [5.74, 6) is -2.22. The van der Waals surface area contributed by atoms with Crippen molar-refractivity contribution in [1.82, 2.24) is 10.6 Å². The largest absolute Gasteiger partial charge is 0.459 e. The van der Waals surface area contributed by atoms with Crippen LogP contribution < -0.4 is 16.4 Å². The van der Waals surface area contributed by atoms with Gasteiger partial charge in [-0.3, -0.25) is 9.59 Å². The molecule has 2 aromatic carbocycles. The van der Waals surface area contributed by atoms with Crippen molar-refractivity contribution in [2.75, 3.05) is 0 Å². The Morgan fingerprint density at radius 3 is 1.94 bits per heavy atom. The molecule has 0 aromatic heterocycles. The summed E-state index contributed by atoms with van der Waals surface area (Å²) in [4.78, 5) is 49.5. The molecular formula is C25H31N3O6. The van der Waals surface area contributed by atoms with Gasteiger partial charge in [-0.15, -0.1) is 0 Å². The van der Waals surface area contributed by atoms with Crippen molar-refractivity contribution in [1.29, 1.82) is 0 Å². The summed E-state index contributed by atoms with van der Waals surface area (Å²) in [5.41, 5.74) is 6.03. The van der Waals surface area contributed by atoms with Crippen molar-refractivity contribution in [2.24, 2.45) is 5.73 Å². The van der Waals surface area contributed by atoms with Crippen molar-refractivity contribution in [3.63, 3.8) is 0 Å². The maximum Gasteiger partial charge on any atom is 0.408 e. The van der Waals surface area contributed by atoms with E-state index in [0.717, 1.165) is 11.1 Å². The molecule has 0 fully saturated rings. The fraction of sp³-hybridized carbons (Fsp3) is 0.360. The Balaban J connectivity index is 2.14. The lowest BCUT2D eigenvalue weighted by atomic mass is 10.0. The molecule has 0 saturated heterocycles. The van der Waals surface area contributed by atoms with E-state index in [0.29, 0.717) is 0 Å². The van der Waals surface area contributed by atoms with E-state index in [1.54, 1.807) is 20.8 Å². The second-order valence-electron chi connectivity index (χ2n) is 8.71. The molecule has 4 N–H and O–H groups in total. The molecule has 0 saturated carbocycles. The minimum absolute atomic E-state index is 0.0295. The van der Waals surface area contributed by atoms with E-state index in [1.807, 2.05) is 60.7 Å². The Labute approximate surface area is 199 Å². The predicted octanol–water partition coefficient (Wildman–Crippen LogP) is 2.23. The lowest BCUT2D eigenvalue weighted by Gasteiger charge is -2.24. The summed E-state index contributed by atoms with van der Waals surface area (Å²) in [6, 6.07) is 15.8. The maximum absolute atomic E-state index is 13.0. The number of alkyl carbamates (subject to hydrolysis) is 1. The molecule has 182 valence electrons. The summed E-state index contributed by atoms with van der Waals surface area (Å²) >= 11 is 0. The number of carbonyl (C=O) groups is 4. The van der Waals surface area contributed by atoms with Crippen LogP contribution in [0.25, 0.3) is 0 Å². The number of hydrogen-bond donors (Lipinski definition) is 3. The van der Waals surface area contributed by atoms with Gasteiger partial charge in [0.1, 0.15) is 24.3 Å². The zero-order chi connectivity index (χ0) is 25.1. The predicted molar refractivity (Wildman–Crippen MR) is 125 cm³/mol.